The number of benzene rings is 1. The molecule has 17 heavy (non-hydrogen) atoms. The summed E-state index contributed by atoms with van der Waals surface area (Å²) in [5.41, 5.74) is 0.0247. The third kappa shape index (κ3) is 4.92. The molecule has 0 saturated carbocycles. The molecule has 0 radical (unpaired) electrons. The third-order valence-corrected chi connectivity index (χ3v) is 2.66. The molecule has 0 atom stereocenters. The van der Waals surface area contributed by atoms with Crippen LogP contribution in [0.15, 0.2) is 18.2 Å². The van der Waals surface area contributed by atoms with Gasteiger partial charge in [-0.3, -0.25) is 0 Å². The topological polar surface area (TPSA) is 21.3 Å². The van der Waals surface area contributed by atoms with Crippen LogP contribution in [-0.4, -0.2) is 19.7 Å². The van der Waals surface area contributed by atoms with Gasteiger partial charge in [0.25, 0.3) is 0 Å². The first kappa shape index (κ1) is 14.3. The van der Waals surface area contributed by atoms with Crippen molar-refractivity contribution in [1.29, 1.82) is 0 Å². The van der Waals surface area contributed by atoms with Crippen molar-refractivity contribution in [3.8, 4) is 5.75 Å². The van der Waals surface area contributed by atoms with Gasteiger partial charge < -0.3 is 10.1 Å². The molecule has 0 heterocycles. The monoisotopic (exact) mass is 259 g/mol. The SMILES string of the molecule is CCNCC(C)(C)COc1ccc(F)c(Cl)c1. The quantitative estimate of drug-likeness (QED) is 0.844. The molecule has 1 aromatic carbocycles. The number of ether oxygens (including phenoxy) is 1. The Balaban J connectivity index is 2.51. The average molecular weight is 260 g/mol. The van der Waals surface area contributed by atoms with E-state index in [2.05, 4.69) is 26.1 Å². The van der Waals surface area contributed by atoms with Crippen LogP contribution in [0, 0.1) is 11.2 Å². The Morgan fingerprint density at radius 2 is 2.12 bits per heavy atom. The van der Waals surface area contributed by atoms with E-state index < -0.39 is 5.82 Å². The highest BCUT2D eigenvalue weighted by Gasteiger charge is 2.18. The molecule has 0 aliphatic carbocycles. The van der Waals surface area contributed by atoms with Gasteiger partial charge in [-0.1, -0.05) is 32.4 Å². The predicted molar refractivity (Wildman–Crippen MR) is 69.2 cm³/mol. The van der Waals surface area contributed by atoms with Gasteiger partial charge in [0.05, 0.1) is 11.6 Å². The fourth-order valence-corrected chi connectivity index (χ4v) is 1.53. The van der Waals surface area contributed by atoms with E-state index in [9.17, 15) is 4.39 Å². The molecular weight excluding hydrogens is 241 g/mol. The van der Waals surface area contributed by atoms with Crippen molar-refractivity contribution >= 4 is 11.6 Å². The van der Waals surface area contributed by atoms with E-state index >= 15 is 0 Å². The Bertz CT molecular complexity index is 368. The summed E-state index contributed by atoms with van der Waals surface area (Å²) >= 11 is 5.68. The molecule has 0 spiro atoms. The molecular formula is C13H19ClFNO. The highest BCUT2D eigenvalue weighted by atomic mass is 35.5. The fourth-order valence-electron chi connectivity index (χ4n) is 1.36. The zero-order valence-electron chi connectivity index (χ0n) is 10.5. The molecule has 0 amide bonds. The fraction of sp³-hybridized carbons (Fsp3) is 0.538. The lowest BCUT2D eigenvalue weighted by molar-refractivity contribution is 0.177. The van der Waals surface area contributed by atoms with E-state index in [1.807, 2.05) is 0 Å². The first-order chi connectivity index (χ1) is 7.94. The van der Waals surface area contributed by atoms with Crippen LogP contribution in [0.3, 0.4) is 0 Å². The molecule has 1 rings (SSSR count). The lowest BCUT2D eigenvalue weighted by Gasteiger charge is -2.25. The van der Waals surface area contributed by atoms with Crippen molar-refractivity contribution in [2.24, 2.45) is 5.41 Å². The van der Waals surface area contributed by atoms with E-state index in [1.165, 1.54) is 12.1 Å². The van der Waals surface area contributed by atoms with Gasteiger partial charge in [0, 0.05) is 18.0 Å². The Kier molecular flexibility index (Phi) is 5.22. The zero-order valence-corrected chi connectivity index (χ0v) is 11.3. The van der Waals surface area contributed by atoms with Crippen LogP contribution in [0.25, 0.3) is 0 Å². The van der Waals surface area contributed by atoms with E-state index in [4.69, 9.17) is 16.3 Å². The number of rotatable bonds is 6. The zero-order chi connectivity index (χ0) is 12.9. The minimum Gasteiger partial charge on any atom is -0.493 e. The van der Waals surface area contributed by atoms with Crippen LogP contribution in [0.2, 0.25) is 5.02 Å². The molecule has 1 N–H and O–H groups in total. The summed E-state index contributed by atoms with van der Waals surface area (Å²) in [4.78, 5) is 0. The van der Waals surface area contributed by atoms with Crippen molar-refractivity contribution in [1.82, 2.24) is 5.32 Å². The maximum absolute atomic E-state index is 12.9. The number of hydrogen-bond acceptors (Lipinski definition) is 2. The summed E-state index contributed by atoms with van der Waals surface area (Å²) in [6.07, 6.45) is 0. The van der Waals surface area contributed by atoms with Crippen LogP contribution < -0.4 is 10.1 Å². The Hall–Kier alpha value is -0.800. The first-order valence-corrected chi connectivity index (χ1v) is 6.11. The van der Waals surface area contributed by atoms with Crippen LogP contribution >= 0.6 is 11.6 Å². The van der Waals surface area contributed by atoms with Gasteiger partial charge in [0.1, 0.15) is 11.6 Å². The van der Waals surface area contributed by atoms with Crippen LogP contribution in [0.5, 0.6) is 5.75 Å². The molecule has 0 fully saturated rings. The smallest absolute Gasteiger partial charge is 0.142 e. The summed E-state index contributed by atoms with van der Waals surface area (Å²) in [5, 5.41) is 3.37. The van der Waals surface area contributed by atoms with Crippen molar-refractivity contribution in [3.05, 3.63) is 29.0 Å². The van der Waals surface area contributed by atoms with Gasteiger partial charge >= 0.3 is 0 Å². The Morgan fingerprint density at radius 1 is 1.41 bits per heavy atom. The third-order valence-electron chi connectivity index (χ3n) is 2.37. The van der Waals surface area contributed by atoms with Crippen LogP contribution in [-0.2, 0) is 0 Å². The summed E-state index contributed by atoms with van der Waals surface area (Å²) in [6.45, 7) is 8.66. The van der Waals surface area contributed by atoms with Gasteiger partial charge in [-0.05, 0) is 18.7 Å². The molecule has 0 unspecified atom stereocenters. The van der Waals surface area contributed by atoms with E-state index in [-0.39, 0.29) is 10.4 Å². The normalized spacial score (nSPS) is 11.6. The molecule has 4 heteroatoms. The van der Waals surface area contributed by atoms with Crippen molar-refractivity contribution in [3.63, 3.8) is 0 Å². The minimum absolute atomic E-state index is 0.0247. The maximum Gasteiger partial charge on any atom is 0.142 e. The molecule has 96 valence electrons. The van der Waals surface area contributed by atoms with Gasteiger partial charge in [-0.15, -0.1) is 0 Å². The molecule has 1 aromatic rings. The van der Waals surface area contributed by atoms with E-state index in [1.54, 1.807) is 6.07 Å². The lowest BCUT2D eigenvalue weighted by atomic mass is 9.95. The van der Waals surface area contributed by atoms with Crippen LogP contribution in [0.4, 0.5) is 4.39 Å². The minimum atomic E-state index is -0.425. The molecule has 0 aliphatic heterocycles. The standard InChI is InChI=1S/C13H19ClFNO/c1-4-16-8-13(2,3)9-17-10-5-6-12(15)11(14)7-10/h5-7,16H,4,8-9H2,1-3H3. The summed E-state index contributed by atoms with van der Waals surface area (Å²) in [7, 11) is 0. The average Bonchev–Trinajstić information content (AvgIpc) is 2.28. The van der Waals surface area contributed by atoms with E-state index in [0.29, 0.717) is 12.4 Å². The second kappa shape index (κ2) is 6.22. The largest absolute Gasteiger partial charge is 0.493 e. The van der Waals surface area contributed by atoms with Gasteiger partial charge in [0.2, 0.25) is 0 Å². The molecule has 0 bridgehead atoms. The van der Waals surface area contributed by atoms with Crippen molar-refractivity contribution in [2.75, 3.05) is 19.7 Å². The number of halogens is 2. The number of hydrogen-bond donors (Lipinski definition) is 1. The number of nitrogens with one attached hydrogen (secondary N) is 1. The Labute approximate surface area is 107 Å². The summed E-state index contributed by atoms with van der Waals surface area (Å²) in [5.74, 6) is 0.173. The van der Waals surface area contributed by atoms with Gasteiger partial charge in [-0.2, -0.15) is 0 Å². The maximum atomic E-state index is 12.9. The second-order valence-corrected chi connectivity index (χ2v) is 5.22. The molecule has 0 aliphatic rings. The highest BCUT2D eigenvalue weighted by Crippen LogP contribution is 2.23. The van der Waals surface area contributed by atoms with Crippen LogP contribution in [0.1, 0.15) is 20.8 Å². The predicted octanol–water partition coefficient (Wildman–Crippen LogP) is 3.49. The van der Waals surface area contributed by atoms with Gasteiger partial charge in [-0.25, -0.2) is 4.39 Å². The highest BCUT2D eigenvalue weighted by molar-refractivity contribution is 6.30. The first-order valence-electron chi connectivity index (χ1n) is 5.73. The van der Waals surface area contributed by atoms with Gasteiger partial charge in [0.15, 0.2) is 0 Å². The summed E-state index contributed by atoms with van der Waals surface area (Å²) in [6, 6.07) is 4.40. The van der Waals surface area contributed by atoms with Crippen molar-refractivity contribution < 1.29 is 9.13 Å². The Morgan fingerprint density at radius 3 is 2.71 bits per heavy atom. The molecule has 2 nitrogen and oxygen atoms in total. The second-order valence-electron chi connectivity index (χ2n) is 4.81. The lowest BCUT2D eigenvalue weighted by Crippen LogP contribution is -2.34. The van der Waals surface area contributed by atoms with E-state index in [0.717, 1.165) is 13.1 Å². The summed E-state index contributed by atoms with van der Waals surface area (Å²) < 4.78 is 18.6. The van der Waals surface area contributed by atoms with Crippen molar-refractivity contribution in [2.45, 2.75) is 20.8 Å². The molecule has 0 saturated heterocycles. The molecule has 0 aromatic heterocycles.